The lowest BCUT2D eigenvalue weighted by atomic mass is 9.91. The zero-order valence-electron chi connectivity index (χ0n) is 8.61. The van der Waals surface area contributed by atoms with Crippen LogP contribution in [0.1, 0.15) is 12.8 Å². The van der Waals surface area contributed by atoms with Gasteiger partial charge in [0.1, 0.15) is 6.79 Å². The van der Waals surface area contributed by atoms with Gasteiger partial charge in [-0.2, -0.15) is 5.26 Å². The van der Waals surface area contributed by atoms with Crippen LogP contribution >= 0.6 is 0 Å². The molecule has 0 N–H and O–H groups in total. The van der Waals surface area contributed by atoms with Crippen molar-refractivity contribution < 1.29 is 18.9 Å². The number of hydrogen-bond acceptors (Lipinski definition) is 5. The molecular weight excluding hydrogens is 198 g/mol. The zero-order valence-corrected chi connectivity index (χ0v) is 8.61. The lowest BCUT2D eigenvalue weighted by molar-refractivity contribution is -0.280. The second-order valence-corrected chi connectivity index (χ2v) is 4.06. The average Bonchev–Trinajstić information content (AvgIpc) is 2.30. The fourth-order valence-corrected chi connectivity index (χ4v) is 1.76. The van der Waals surface area contributed by atoms with Crippen LogP contribution in [0.15, 0.2) is 0 Å². The monoisotopic (exact) mass is 213 g/mol. The van der Waals surface area contributed by atoms with Gasteiger partial charge in [0.05, 0.1) is 37.9 Å². The van der Waals surface area contributed by atoms with Crippen LogP contribution in [0.3, 0.4) is 0 Å². The first-order chi connectivity index (χ1) is 7.35. The average molecular weight is 213 g/mol. The van der Waals surface area contributed by atoms with E-state index < -0.39 is 0 Å². The molecule has 0 unspecified atom stereocenters. The molecule has 0 atom stereocenters. The molecule has 2 rings (SSSR count). The maximum Gasteiger partial charge on any atom is 0.158 e. The summed E-state index contributed by atoms with van der Waals surface area (Å²) < 4.78 is 21.6. The molecule has 2 fully saturated rings. The van der Waals surface area contributed by atoms with Gasteiger partial charge >= 0.3 is 0 Å². The highest BCUT2D eigenvalue weighted by Gasteiger charge is 2.39. The minimum Gasteiger partial charge on any atom is -0.355 e. The van der Waals surface area contributed by atoms with Crippen molar-refractivity contribution in [1.82, 2.24) is 0 Å². The standard InChI is InChI=1S/C10H15NO4/c11-3-1-2-9-14-6-10(7-15-9)4-12-8-13-5-10/h9H,1-2,4-8H2. The van der Waals surface area contributed by atoms with Crippen molar-refractivity contribution in [1.29, 1.82) is 5.26 Å². The molecule has 84 valence electrons. The normalized spacial score (nSPS) is 26.3. The number of nitriles is 1. The molecule has 0 radical (unpaired) electrons. The fourth-order valence-electron chi connectivity index (χ4n) is 1.76. The van der Waals surface area contributed by atoms with E-state index in [-0.39, 0.29) is 11.7 Å². The third-order valence-electron chi connectivity index (χ3n) is 2.63. The summed E-state index contributed by atoms with van der Waals surface area (Å²) in [6.07, 6.45) is 0.857. The molecule has 0 saturated carbocycles. The minimum absolute atomic E-state index is 0.138. The highest BCUT2D eigenvalue weighted by Crippen LogP contribution is 2.29. The molecule has 5 nitrogen and oxygen atoms in total. The van der Waals surface area contributed by atoms with E-state index in [1.165, 1.54) is 0 Å². The first kappa shape index (κ1) is 10.8. The first-order valence-corrected chi connectivity index (χ1v) is 5.10. The molecule has 0 aliphatic carbocycles. The van der Waals surface area contributed by atoms with Crippen molar-refractivity contribution in [2.24, 2.45) is 5.41 Å². The number of nitrogens with zero attached hydrogens (tertiary/aromatic N) is 1. The summed E-state index contributed by atoms with van der Waals surface area (Å²) in [7, 11) is 0. The Morgan fingerprint density at radius 2 is 1.80 bits per heavy atom. The summed E-state index contributed by atoms with van der Waals surface area (Å²) in [5, 5.41) is 8.44. The molecule has 15 heavy (non-hydrogen) atoms. The predicted molar refractivity (Wildman–Crippen MR) is 49.7 cm³/mol. The minimum atomic E-state index is -0.239. The summed E-state index contributed by atoms with van der Waals surface area (Å²) >= 11 is 0. The number of ether oxygens (including phenoxy) is 4. The van der Waals surface area contributed by atoms with Crippen LogP contribution in [0.2, 0.25) is 0 Å². The fraction of sp³-hybridized carbons (Fsp3) is 0.900. The molecule has 0 aromatic rings. The van der Waals surface area contributed by atoms with Crippen molar-refractivity contribution in [3.63, 3.8) is 0 Å². The highest BCUT2D eigenvalue weighted by atomic mass is 16.7. The van der Waals surface area contributed by atoms with E-state index in [1.54, 1.807) is 0 Å². The third kappa shape index (κ3) is 2.67. The largest absolute Gasteiger partial charge is 0.355 e. The van der Waals surface area contributed by atoms with E-state index >= 15 is 0 Å². The van der Waals surface area contributed by atoms with Gasteiger partial charge < -0.3 is 18.9 Å². The Hall–Kier alpha value is -0.670. The van der Waals surface area contributed by atoms with Crippen LogP contribution < -0.4 is 0 Å². The van der Waals surface area contributed by atoms with Crippen molar-refractivity contribution in [2.45, 2.75) is 19.1 Å². The Kier molecular flexibility index (Phi) is 3.54. The SMILES string of the molecule is N#CCCC1OCC2(COCOC2)CO1. The Labute approximate surface area is 88.9 Å². The van der Waals surface area contributed by atoms with Gasteiger partial charge in [0, 0.05) is 12.8 Å². The van der Waals surface area contributed by atoms with Gasteiger partial charge in [-0.1, -0.05) is 0 Å². The second-order valence-electron chi connectivity index (χ2n) is 4.06. The summed E-state index contributed by atoms with van der Waals surface area (Å²) in [5.41, 5.74) is -0.138. The molecule has 2 saturated heterocycles. The zero-order chi connectivity index (χ0) is 10.6. The predicted octanol–water partition coefficient (Wildman–Crippen LogP) is 0.654. The van der Waals surface area contributed by atoms with Crippen molar-refractivity contribution >= 4 is 0 Å². The summed E-state index contributed by atoms with van der Waals surface area (Å²) in [5.74, 6) is 0. The van der Waals surface area contributed by atoms with Crippen LogP contribution in [-0.4, -0.2) is 39.5 Å². The molecule has 0 bridgehead atoms. The molecule has 2 aliphatic heterocycles. The van der Waals surface area contributed by atoms with Crippen LogP contribution in [0.25, 0.3) is 0 Å². The van der Waals surface area contributed by atoms with Gasteiger partial charge in [0.2, 0.25) is 0 Å². The molecule has 0 amide bonds. The Bertz CT molecular complexity index is 234. The van der Waals surface area contributed by atoms with Crippen molar-refractivity contribution in [3.8, 4) is 6.07 Å². The lowest BCUT2D eigenvalue weighted by Gasteiger charge is -2.41. The van der Waals surface area contributed by atoms with Gasteiger partial charge in [0.25, 0.3) is 0 Å². The highest BCUT2D eigenvalue weighted by molar-refractivity contribution is 4.83. The molecular formula is C10H15NO4. The van der Waals surface area contributed by atoms with Crippen molar-refractivity contribution in [3.05, 3.63) is 0 Å². The topological polar surface area (TPSA) is 60.7 Å². The maximum atomic E-state index is 8.44. The Balaban J connectivity index is 1.78. The molecule has 0 aromatic carbocycles. The van der Waals surface area contributed by atoms with Gasteiger partial charge in [0.15, 0.2) is 6.29 Å². The number of hydrogen-bond donors (Lipinski definition) is 0. The van der Waals surface area contributed by atoms with Gasteiger partial charge in [-0.25, -0.2) is 0 Å². The second kappa shape index (κ2) is 4.90. The maximum absolute atomic E-state index is 8.44. The van der Waals surface area contributed by atoms with Crippen molar-refractivity contribution in [2.75, 3.05) is 33.2 Å². The number of rotatable bonds is 2. The van der Waals surface area contributed by atoms with Gasteiger partial charge in [-0.3, -0.25) is 0 Å². The van der Waals surface area contributed by atoms with E-state index in [4.69, 9.17) is 24.2 Å². The van der Waals surface area contributed by atoms with Crippen LogP contribution in [-0.2, 0) is 18.9 Å². The third-order valence-corrected chi connectivity index (χ3v) is 2.63. The van der Waals surface area contributed by atoms with E-state index in [9.17, 15) is 0 Å². The summed E-state index contributed by atoms with van der Waals surface area (Å²) in [6, 6.07) is 2.08. The Morgan fingerprint density at radius 1 is 1.13 bits per heavy atom. The molecule has 0 aromatic heterocycles. The van der Waals surface area contributed by atoms with Crippen LogP contribution in [0.5, 0.6) is 0 Å². The molecule has 1 spiro atoms. The van der Waals surface area contributed by atoms with Crippen LogP contribution in [0, 0.1) is 16.7 Å². The smallest absolute Gasteiger partial charge is 0.158 e. The van der Waals surface area contributed by atoms with Crippen LogP contribution in [0.4, 0.5) is 0 Å². The molecule has 2 heterocycles. The summed E-state index contributed by atoms with van der Waals surface area (Å²) in [4.78, 5) is 0. The lowest BCUT2D eigenvalue weighted by Crippen LogP contribution is -2.50. The quantitative estimate of drug-likeness (QED) is 0.674. The Morgan fingerprint density at radius 3 is 2.40 bits per heavy atom. The summed E-state index contributed by atoms with van der Waals surface area (Å²) in [6.45, 7) is 2.78. The van der Waals surface area contributed by atoms with Gasteiger partial charge in [-0.15, -0.1) is 0 Å². The first-order valence-electron chi connectivity index (χ1n) is 5.10. The van der Waals surface area contributed by atoms with Gasteiger partial charge in [-0.05, 0) is 0 Å². The molecule has 5 heteroatoms. The van der Waals surface area contributed by atoms with E-state index in [0.717, 1.165) is 0 Å². The van der Waals surface area contributed by atoms with E-state index in [1.807, 2.05) is 0 Å². The molecule has 2 aliphatic rings. The van der Waals surface area contributed by atoms with E-state index in [0.29, 0.717) is 46.1 Å². The van der Waals surface area contributed by atoms with E-state index in [2.05, 4.69) is 6.07 Å².